The minimum atomic E-state index is -0.446. The molecule has 3 radical (unpaired) electrons. The summed E-state index contributed by atoms with van der Waals surface area (Å²) in [5.41, 5.74) is 5.63. The monoisotopic (exact) mass is 503 g/mol. The van der Waals surface area contributed by atoms with Crippen LogP contribution < -0.4 is 21.1 Å². The second-order valence-corrected chi connectivity index (χ2v) is 10.8. The standard InChI is InChI=1S/C18H15P.C13H9Si.Sc.3H/c1-4-10-16(11-5-1)19(17-12-6-2-7-13-17)18-14-8-3-9-15-18;14-13-7-3-6-11-10-5-2-1-4-9(10)8-12(11)13;;;;/h1-15H;1-7H,8H2;;;;/q;;+3;3*-1. The Morgan fingerprint density at radius 3 is 1.47 bits per heavy atom. The molecule has 0 saturated carbocycles. The molecule has 0 N–H and O–H groups in total. The predicted octanol–water partition coefficient (Wildman–Crippen LogP) is 5.83. The molecule has 0 heterocycles. The van der Waals surface area contributed by atoms with E-state index in [0.29, 0.717) is 0 Å². The van der Waals surface area contributed by atoms with Gasteiger partial charge in [0.15, 0.2) is 0 Å². The van der Waals surface area contributed by atoms with Crippen molar-refractivity contribution in [2.45, 2.75) is 6.42 Å². The maximum atomic E-state index is 3.66. The minimum absolute atomic E-state index is 0. The number of hydrogen-bond acceptors (Lipinski definition) is 0. The van der Waals surface area contributed by atoms with E-state index < -0.39 is 7.92 Å². The Morgan fingerprint density at radius 2 is 0.941 bits per heavy atom. The number of hydrogen-bond donors (Lipinski definition) is 0. The molecule has 34 heavy (non-hydrogen) atoms. The molecule has 1 aliphatic carbocycles. The van der Waals surface area contributed by atoms with Crippen LogP contribution in [0.25, 0.3) is 11.1 Å². The zero-order chi connectivity index (χ0) is 22.5. The number of rotatable bonds is 3. The smallest absolute Gasteiger partial charge is 1.00 e. The van der Waals surface area contributed by atoms with Crippen LogP contribution in [0.1, 0.15) is 15.4 Å². The molecule has 0 aliphatic heterocycles. The third-order valence-corrected chi connectivity index (χ3v) is 8.81. The van der Waals surface area contributed by atoms with Gasteiger partial charge in [-0.05, 0) is 52.5 Å². The van der Waals surface area contributed by atoms with Gasteiger partial charge in [0.25, 0.3) is 0 Å². The molecule has 0 fully saturated rings. The fraction of sp³-hybridized carbons (Fsp3) is 0.0323. The van der Waals surface area contributed by atoms with E-state index in [4.69, 9.17) is 0 Å². The van der Waals surface area contributed by atoms with Crippen molar-refractivity contribution in [3.8, 4) is 11.1 Å². The van der Waals surface area contributed by atoms with Crippen LogP contribution in [-0.2, 0) is 32.3 Å². The molecule has 0 nitrogen and oxygen atoms in total. The van der Waals surface area contributed by atoms with Crippen molar-refractivity contribution in [2.24, 2.45) is 0 Å². The summed E-state index contributed by atoms with van der Waals surface area (Å²) in [6.45, 7) is 0. The minimum Gasteiger partial charge on any atom is -1.00 e. The quantitative estimate of drug-likeness (QED) is 0.211. The average molecular weight is 504 g/mol. The molecule has 5 aromatic carbocycles. The van der Waals surface area contributed by atoms with Crippen LogP contribution in [0.15, 0.2) is 133 Å². The fourth-order valence-electron chi connectivity index (χ4n) is 4.34. The van der Waals surface area contributed by atoms with Crippen LogP contribution in [0.5, 0.6) is 0 Å². The first-order valence-corrected chi connectivity index (χ1v) is 13.0. The second-order valence-electron chi connectivity index (χ2n) is 8.01. The zero-order valence-electron chi connectivity index (χ0n) is 21.9. The van der Waals surface area contributed by atoms with Crippen molar-refractivity contribution in [1.82, 2.24) is 0 Å². The molecule has 1 aliphatic rings. The first kappa shape index (κ1) is 24.7. The van der Waals surface area contributed by atoms with Crippen molar-refractivity contribution in [1.29, 1.82) is 0 Å². The summed E-state index contributed by atoms with van der Waals surface area (Å²) in [4.78, 5) is 0. The Morgan fingerprint density at radius 1 is 0.500 bits per heavy atom. The van der Waals surface area contributed by atoms with Gasteiger partial charge in [0.2, 0.25) is 0 Å². The van der Waals surface area contributed by atoms with E-state index in [2.05, 4.69) is 144 Å². The SMILES string of the molecule is [H-].[H-].[H-].[Sc+3].[Si]c1cccc2c1Cc1ccccc1-2.c1ccc(P(c2ccccc2)c2ccccc2)cc1. The van der Waals surface area contributed by atoms with E-state index >= 15 is 0 Å². The van der Waals surface area contributed by atoms with Crippen LogP contribution in [0.4, 0.5) is 0 Å². The molecule has 0 spiro atoms. The second kappa shape index (κ2) is 11.8. The topological polar surface area (TPSA) is 0 Å². The molecule has 0 unspecified atom stereocenters. The van der Waals surface area contributed by atoms with E-state index in [9.17, 15) is 0 Å². The van der Waals surface area contributed by atoms with Gasteiger partial charge in [-0.2, -0.15) is 0 Å². The van der Waals surface area contributed by atoms with Gasteiger partial charge in [0.05, 0.1) is 10.2 Å². The summed E-state index contributed by atoms with van der Waals surface area (Å²) in [6.07, 6.45) is 1.06. The van der Waals surface area contributed by atoms with Gasteiger partial charge in [-0.3, -0.25) is 0 Å². The Kier molecular flexibility index (Phi) is 8.62. The Balaban J connectivity index is 0.000000345. The molecule has 0 bridgehead atoms. The van der Waals surface area contributed by atoms with Crippen molar-refractivity contribution in [3.63, 3.8) is 0 Å². The summed E-state index contributed by atoms with van der Waals surface area (Å²) < 4.78 is 0. The summed E-state index contributed by atoms with van der Waals surface area (Å²) in [7, 11) is 3.21. The largest absolute Gasteiger partial charge is 3.00 e. The van der Waals surface area contributed by atoms with Gasteiger partial charge in [0, 0.05) is 0 Å². The third-order valence-electron chi connectivity index (χ3n) is 5.89. The zero-order valence-corrected chi connectivity index (χ0v) is 22.6. The molecule has 5 aromatic rings. The van der Waals surface area contributed by atoms with Crippen LogP contribution in [0.3, 0.4) is 0 Å². The first-order chi connectivity index (χ1) is 16.3. The Labute approximate surface area is 230 Å². The molecule has 0 atom stereocenters. The maximum absolute atomic E-state index is 3.66. The van der Waals surface area contributed by atoms with Crippen molar-refractivity contribution in [3.05, 3.63) is 145 Å². The molecule has 0 aromatic heterocycles. The molecular weight excluding hydrogens is 476 g/mol. The third kappa shape index (κ3) is 5.47. The fourth-order valence-corrected chi connectivity index (χ4v) is 6.96. The van der Waals surface area contributed by atoms with Crippen LogP contribution in [-0.4, -0.2) is 10.2 Å². The van der Waals surface area contributed by atoms with Crippen molar-refractivity contribution in [2.75, 3.05) is 0 Å². The molecule has 0 saturated heterocycles. The van der Waals surface area contributed by atoms with Crippen LogP contribution in [0, 0.1) is 0 Å². The number of benzene rings is 5. The van der Waals surface area contributed by atoms with E-state index in [0.717, 1.165) is 6.42 Å². The Bertz CT molecular complexity index is 1260. The summed E-state index contributed by atoms with van der Waals surface area (Å²) in [6, 6.07) is 47.4. The van der Waals surface area contributed by atoms with Crippen molar-refractivity contribution < 1.29 is 30.1 Å². The Hall–Kier alpha value is -2.38. The maximum Gasteiger partial charge on any atom is 3.00 e. The molecular formula is C31H27PScSi. The van der Waals surface area contributed by atoms with Gasteiger partial charge < -0.3 is 4.28 Å². The number of fused-ring (bicyclic) bond motifs is 3. The van der Waals surface area contributed by atoms with E-state index in [1.807, 2.05) is 0 Å². The summed E-state index contributed by atoms with van der Waals surface area (Å²) >= 11 is 0. The van der Waals surface area contributed by atoms with E-state index in [1.54, 1.807) is 0 Å². The van der Waals surface area contributed by atoms with E-state index in [-0.39, 0.29) is 30.1 Å². The van der Waals surface area contributed by atoms with Gasteiger partial charge in [0.1, 0.15) is 0 Å². The molecule has 0 amide bonds. The average Bonchev–Trinajstić information content (AvgIpc) is 3.27. The first-order valence-electron chi connectivity index (χ1n) is 11.2. The summed E-state index contributed by atoms with van der Waals surface area (Å²) in [5, 5.41) is 5.42. The van der Waals surface area contributed by atoms with E-state index in [1.165, 1.54) is 43.4 Å². The van der Waals surface area contributed by atoms with Crippen LogP contribution in [0.2, 0.25) is 0 Å². The van der Waals surface area contributed by atoms with Gasteiger partial charge in [-0.25, -0.2) is 0 Å². The molecule has 6 rings (SSSR count). The predicted molar refractivity (Wildman–Crippen MR) is 149 cm³/mol. The normalized spacial score (nSPS) is 11.0. The van der Waals surface area contributed by atoms with Gasteiger partial charge in [-0.15, -0.1) is 0 Å². The summed E-state index contributed by atoms with van der Waals surface area (Å²) in [5.74, 6) is 0. The van der Waals surface area contributed by atoms with Crippen molar-refractivity contribution >= 4 is 39.3 Å². The van der Waals surface area contributed by atoms with Gasteiger partial charge >= 0.3 is 25.8 Å². The van der Waals surface area contributed by atoms with Gasteiger partial charge in [-0.1, -0.05) is 139 Å². The molecule has 163 valence electrons. The molecule has 3 heteroatoms. The van der Waals surface area contributed by atoms with Crippen LogP contribution >= 0.6 is 7.92 Å².